The van der Waals surface area contributed by atoms with Crippen LogP contribution in [0.15, 0.2) is 24.3 Å². The largest absolute Gasteiger partial charge is 0.496 e. The minimum absolute atomic E-state index is 0.106. The molecule has 3 rings (SSSR count). The molecule has 1 aliphatic rings. The topological polar surface area (TPSA) is 89.1 Å². The molecule has 1 aromatic heterocycles. The van der Waals surface area contributed by atoms with Crippen LogP contribution in [-0.4, -0.2) is 51.9 Å². The van der Waals surface area contributed by atoms with Crippen LogP contribution in [0.5, 0.6) is 5.75 Å². The molecule has 1 fully saturated rings. The zero-order valence-electron chi connectivity index (χ0n) is 15.9. The highest BCUT2D eigenvalue weighted by Gasteiger charge is 2.30. The SMILES string of the molecule is COc1ccccc1-c1nc(NC(=O)C(C)(C)SCC2CCOCC2)n[nH]1. The van der Waals surface area contributed by atoms with E-state index in [2.05, 4.69) is 20.5 Å². The Morgan fingerprint density at radius 2 is 2.11 bits per heavy atom. The normalized spacial score (nSPS) is 15.5. The van der Waals surface area contributed by atoms with Gasteiger partial charge in [-0.3, -0.25) is 15.2 Å². The van der Waals surface area contributed by atoms with E-state index in [9.17, 15) is 4.79 Å². The van der Waals surface area contributed by atoms with Gasteiger partial charge in [-0.2, -0.15) is 4.98 Å². The fraction of sp³-hybridized carbons (Fsp3) is 0.526. The molecule has 0 radical (unpaired) electrons. The molecule has 1 aromatic carbocycles. The molecule has 2 N–H and O–H groups in total. The number of hydrogen-bond acceptors (Lipinski definition) is 6. The van der Waals surface area contributed by atoms with Crippen molar-refractivity contribution in [1.82, 2.24) is 15.2 Å². The maximum Gasteiger partial charge on any atom is 0.249 e. The highest BCUT2D eigenvalue weighted by molar-refractivity contribution is 8.01. The van der Waals surface area contributed by atoms with Gasteiger partial charge in [0.05, 0.1) is 17.4 Å². The Morgan fingerprint density at radius 3 is 2.85 bits per heavy atom. The fourth-order valence-electron chi connectivity index (χ4n) is 2.84. The van der Waals surface area contributed by atoms with Crippen molar-refractivity contribution >= 4 is 23.6 Å². The van der Waals surface area contributed by atoms with Gasteiger partial charge in [-0.15, -0.1) is 16.9 Å². The Balaban J connectivity index is 1.61. The van der Waals surface area contributed by atoms with Gasteiger partial charge in [0, 0.05) is 13.2 Å². The summed E-state index contributed by atoms with van der Waals surface area (Å²) in [4.78, 5) is 17.1. The van der Waals surface area contributed by atoms with Gasteiger partial charge in [0.25, 0.3) is 0 Å². The second-order valence-corrected chi connectivity index (χ2v) is 8.68. The summed E-state index contributed by atoms with van der Waals surface area (Å²) in [6.45, 7) is 5.50. The summed E-state index contributed by atoms with van der Waals surface area (Å²) in [5, 5.41) is 9.80. The lowest BCUT2D eigenvalue weighted by Gasteiger charge is -2.27. The van der Waals surface area contributed by atoms with Crippen LogP contribution in [0, 0.1) is 5.92 Å². The quantitative estimate of drug-likeness (QED) is 0.754. The number of amides is 1. The highest BCUT2D eigenvalue weighted by atomic mass is 32.2. The molecule has 146 valence electrons. The summed E-state index contributed by atoms with van der Waals surface area (Å²) < 4.78 is 10.2. The number of hydrogen-bond donors (Lipinski definition) is 2. The summed E-state index contributed by atoms with van der Waals surface area (Å²) in [6.07, 6.45) is 2.13. The van der Waals surface area contributed by atoms with Crippen molar-refractivity contribution in [2.45, 2.75) is 31.4 Å². The van der Waals surface area contributed by atoms with Crippen molar-refractivity contribution in [2.75, 3.05) is 31.4 Å². The van der Waals surface area contributed by atoms with E-state index in [1.807, 2.05) is 38.1 Å². The number of ether oxygens (including phenoxy) is 2. The molecule has 1 saturated heterocycles. The number of thioether (sulfide) groups is 1. The lowest BCUT2D eigenvalue weighted by Crippen LogP contribution is -2.35. The maximum absolute atomic E-state index is 12.7. The van der Waals surface area contributed by atoms with E-state index in [4.69, 9.17) is 9.47 Å². The third-order valence-electron chi connectivity index (χ3n) is 4.64. The Bertz CT molecular complexity index is 772. The number of para-hydroxylation sites is 1. The first kappa shape index (κ1) is 19.7. The molecule has 0 atom stereocenters. The number of anilines is 1. The zero-order valence-corrected chi connectivity index (χ0v) is 16.8. The standard InChI is InChI=1S/C19H26N4O3S/c1-19(2,27-12-13-8-10-26-11-9-13)17(24)21-18-20-16(22-23-18)14-6-4-5-7-15(14)25-3/h4-7,13H,8-12H2,1-3H3,(H2,20,21,22,23,24). The van der Waals surface area contributed by atoms with Crippen molar-refractivity contribution in [2.24, 2.45) is 5.92 Å². The predicted octanol–water partition coefficient (Wildman–Crippen LogP) is 3.36. The molecule has 0 spiro atoms. The third kappa shape index (κ3) is 5.01. The monoisotopic (exact) mass is 390 g/mol. The van der Waals surface area contributed by atoms with Gasteiger partial charge in [-0.05, 0) is 50.5 Å². The number of H-pyrrole nitrogens is 1. The van der Waals surface area contributed by atoms with Gasteiger partial charge < -0.3 is 9.47 Å². The van der Waals surface area contributed by atoms with Crippen LogP contribution >= 0.6 is 11.8 Å². The first-order valence-electron chi connectivity index (χ1n) is 9.08. The molecule has 8 heteroatoms. The van der Waals surface area contributed by atoms with Crippen LogP contribution in [0.25, 0.3) is 11.4 Å². The van der Waals surface area contributed by atoms with E-state index in [1.54, 1.807) is 18.9 Å². The molecule has 1 amide bonds. The summed E-state index contributed by atoms with van der Waals surface area (Å²) in [7, 11) is 1.61. The molecule has 2 heterocycles. The van der Waals surface area contributed by atoms with Crippen LogP contribution in [0.4, 0.5) is 5.95 Å². The molecule has 0 unspecified atom stereocenters. The van der Waals surface area contributed by atoms with Gasteiger partial charge in [-0.25, -0.2) is 0 Å². The van der Waals surface area contributed by atoms with Crippen molar-refractivity contribution in [3.05, 3.63) is 24.3 Å². The lowest BCUT2D eigenvalue weighted by molar-refractivity contribution is -0.117. The maximum atomic E-state index is 12.7. The molecular formula is C19H26N4O3S. The number of carbonyl (C=O) groups excluding carboxylic acids is 1. The van der Waals surface area contributed by atoms with Gasteiger partial charge in [-0.1, -0.05) is 12.1 Å². The van der Waals surface area contributed by atoms with E-state index in [0.717, 1.165) is 37.4 Å². The number of aromatic nitrogens is 3. The minimum Gasteiger partial charge on any atom is -0.496 e. The predicted molar refractivity (Wildman–Crippen MR) is 107 cm³/mol. The van der Waals surface area contributed by atoms with Crippen LogP contribution < -0.4 is 10.1 Å². The minimum atomic E-state index is -0.566. The number of carbonyl (C=O) groups is 1. The summed E-state index contributed by atoms with van der Waals surface area (Å²) in [5.41, 5.74) is 0.793. The average Bonchev–Trinajstić information content (AvgIpc) is 3.15. The Hall–Kier alpha value is -2.06. The molecule has 0 saturated carbocycles. The molecule has 0 aliphatic carbocycles. The van der Waals surface area contributed by atoms with E-state index < -0.39 is 4.75 Å². The molecule has 1 aliphatic heterocycles. The fourth-order valence-corrected chi connectivity index (χ4v) is 4.00. The van der Waals surface area contributed by atoms with E-state index in [0.29, 0.717) is 17.5 Å². The Labute approximate surface area is 163 Å². The van der Waals surface area contributed by atoms with E-state index in [-0.39, 0.29) is 11.9 Å². The second-order valence-electron chi connectivity index (χ2n) is 7.04. The molecule has 27 heavy (non-hydrogen) atoms. The van der Waals surface area contributed by atoms with Gasteiger partial charge >= 0.3 is 0 Å². The Morgan fingerprint density at radius 1 is 1.37 bits per heavy atom. The van der Waals surface area contributed by atoms with Crippen LogP contribution in [0.1, 0.15) is 26.7 Å². The number of methoxy groups -OCH3 is 1. The van der Waals surface area contributed by atoms with Crippen molar-refractivity contribution in [1.29, 1.82) is 0 Å². The Kier molecular flexibility index (Phi) is 6.38. The second kappa shape index (κ2) is 8.75. The number of benzene rings is 1. The zero-order chi connectivity index (χ0) is 19.3. The van der Waals surface area contributed by atoms with E-state index >= 15 is 0 Å². The van der Waals surface area contributed by atoms with Crippen molar-refractivity contribution in [3.8, 4) is 17.1 Å². The highest BCUT2D eigenvalue weighted by Crippen LogP contribution is 2.31. The first-order chi connectivity index (χ1) is 13.0. The summed E-state index contributed by atoms with van der Waals surface area (Å²) in [6, 6.07) is 7.53. The molecule has 0 bridgehead atoms. The van der Waals surface area contributed by atoms with E-state index in [1.165, 1.54) is 0 Å². The third-order valence-corrected chi connectivity index (χ3v) is 6.19. The first-order valence-corrected chi connectivity index (χ1v) is 10.1. The number of aromatic amines is 1. The van der Waals surface area contributed by atoms with Gasteiger partial charge in [0.2, 0.25) is 11.9 Å². The molecule has 7 nitrogen and oxygen atoms in total. The smallest absolute Gasteiger partial charge is 0.249 e. The summed E-state index contributed by atoms with van der Waals surface area (Å²) in [5.74, 6) is 2.96. The lowest BCUT2D eigenvalue weighted by atomic mass is 10.0. The number of nitrogens with zero attached hydrogens (tertiary/aromatic N) is 2. The average molecular weight is 391 g/mol. The summed E-state index contributed by atoms with van der Waals surface area (Å²) >= 11 is 1.67. The van der Waals surface area contributed by atoms with Gasteiger partial charge in [0.1, 0.15) is 5.75 Å². The van der Waals surface area contributed by atoms with Gasteiger partial charge in [0.15, 0.2) is 5.82 Å². The number of rotatable bonds is 7. The van der Waals surface area contributed by atoms with Crippen molar-refractivity contribution < 1.29 is 14.3 Å². The number of nitrogens with one attached hydrogen (secondary N) is 2. The van der Waals surface area contributed by atoms with Crippen LogP contribution in [-0.2, 0) is 9.53 Å². The van der Waals surface area contributed by atoms with Crippen LogP contribution in [0.3, 0.4) is 0 Å². The van der Waals surface area contributed by atoms with Crippen molar-refractivity contribution in [3.63, 3.8) is 0 Å². The molecule has 2 aromatic rings. The molecular weight excluding hydrogens is 364 g/mol. The van der Waals surface area contributed by atoms with Crippen LogP contribution in [0.2, 0.25) is 0 Å².